The van der Waals surface area contributed by atoms with Crippen LogP contribution in [0.4, 0.5) is 0 Å². The van der Waals surface area contributed by atoms with Crippen molar-refractivity contribution in [1.29, 1.82) is 0 Å². The molecule has 2 aliphatic heterocycles. The van der Waals surface area contributed by atoms with Crippen LogP contribution in [0, 0.1) is 0 Å². The standard InChI is InChI=1S/C19H32N4O2/c1-15(2)23-17-8-13-25-14-16(17)18(21-23)19(24)20-9-7-12-22-10-5-3-4-6-11-22/h15H,3-14H2,1-2H3,(H,20,24). The second kappa shape index (κ2) is 8.81. The van der Waals surface area contributed by atoms with Gasteiger partial charge in [-0.15, -0.1) is 0 Å². The Morgan fingerprint density at radius 3 is 2.72 bits per heavy atom. The largest absolute Gasteiger partial charge is 0.376 e. The third-order valence-electron chi connectivity index (χ3n) is 5.19. The number of ether oxygens (including phenoxy) is 1. The third kappa shape index (κ3) is 4.61. The van der Waals surface area contributed by atoms with Crippen molar-refractivity contribution in [2.24, 2.45) is 0 Å². The van der Waals surface area contributed by atoms with Crippen molar-refractivity contribution >= 4 is 5.91 Å². The zero-order valence-corrected chi connectivity index (χ0v) is 15.7. The third-order valence-corrected chi connectivity index (χ3v) is 5.19. The smallest absolute Gasteiger partial charge is 0.272 e. The van der Waals surface area contributed by atoms with Gasteiger partial charge in [-0.25, -0.2) is 0 Å². The molecule has 0 radical (unpaired) electrons. The number of likely N-dealkylation sites (tertiary alicyclic amines) is 1. The summed E-state index contributed by atoms with van der Waals surface area (Å²) in [4.78, 5) is 15.1. The number of nitrogens with zero attached hydrogens (tertiary/aromatic N) is 3. The summed E-state index contributed by atoms with van der Waals surface area (Å²) in [7, 11) is 0. The lowest BCUT2D eigenvalue weighted by atomic mass is 10.1. The quantitative estimate of drug-likeness (QED) is 0.803. The van der Waals surface area contributed by atoms with E-state index in [1.54, 1.807) is 0 Å². The average molecular weight is 348 g/mol. The van der Waals surface area contributed by atoms with E-state index in [1.807, 2.05) is 4.68 Å². The summed E-state index contributed by atoms with van der Waals surface area (Å²) in [5.41, 5.74) is 2.69. The highest BCUT2D eigenvalue weighted by Crippen LogP contribution is 2.23. The molecule has 0 atom stereocenters. The summed E-state index contributed by atoms with van der Waals surface area (Å²) in [5, 5.41) is 7.65. The van der Waals surface area contributed by atoms with Crippen LogP contribution in [0.25, 0.3) is 0 Å². The lowest BCUT2D eigenvalue weighted by Crippen LogP contribution is -2.31. The van der Waals surface area contributed by atoms with E-state index in [2.05, 4.69) is 29.2 Å². The summed E-state index contributed by atoms with van der Waals surface area (Å²) < 4.78 is 7.55. The minimum Gasteiger partial charge on any atom is -0.376 e. The Bertz CT molecular complexity index is 574. The predicted molar refractivity (Wildman–Crippen MR) is 97.8 cm³/mol. The van der Waals surface area contributed by atoms with Gasteiger partial charge in [-0.2, -0.15) is 5.10 Å². The highest BCUT2D eigenvalue weighted by atomic mass is 16.5. The highest BCUT2D eigenvalue weighted by molar-refractivity contribution is 5.94. The summed E-state index contributed by atoms with van der Waals surface area (Å²) >= 11 is 0. The van der Waals surface area contributed by atoms with Crippen molar-refractivity contribution < 1.29 is 9.53 Å². The lowest BCUT2D eigenvalue weighted by molar-refractivity contribution is 0.0923. The molecule has 1 aromatic rings. The molecule has 0 aliphatic carbocycles. The molecule has 0 saturated carbocycles. The van der Waals surface area contributed by atoms with Gasteiger partial charge in [-0.05, 0) is 52.7 Å². The average Bonchev–Trinajstić information content (AvgIpc) is 2.81. The SMILES string of the molecule is CC(C)n1nc(C(=O)NCCCN2CCCCCC2)c2c1CCOC2. The molecule has 2 aliphatic rings. The first-order chi connectivity index (χ1) is 12.2. The maximum Gasteiger partial charge on any atom is 0.272 e. The van der Waals surface area contributed by atoms with Crippen LogP contribution < -0.4 is 5.32 Å². The monoisotopic (exact) mass is 348 g/mol. The van der Waals surface area contributed by atoms with Crippen molar-refractivity contribution in [3.63, 3.8) is 0 Å². The summed E-state index contributed by atoms with van der Waals surface area (Å²) in [6.45, 7) is 9.61. The molecule has 0 unspecified atom stereocenters. The zero-order chi connectivity index (χ0) is 17.6. The Hall–Kier alpha value is -1.40. The van der Waals surface area contributed by atoms with Crippen LogP contribution in [0.5, 0.6) is 0 Å². The first kappa shape index (κ1) is 18.4. The Morgan fingerprint density at radius 1 is 1.24 bits per heavy atom. The number of carbonyl (C=O) groups excluding carboxylic acids is 1. The Morgan fingerprint density at radius 2 is 2.00 bits per heavy atom. The number of fused-ring (bicyclic) bond motifs is 1. The van der Waals surface area contributed by atoms with Gasteiger partial charge in [-0.3, -0.25) is 9.48 Å². The number of aromatic nitrogens is 2. The van der Waals surface area contributed by atoms with Gasteiger partial charge in [0.15, 0.2) is 5.69 Å². The number of hydrogen-bond donors (Lipinski definition) is 1. The van der Waals surface area contributed by atoms with Crippen molar-refractivity contribution in [2.45, 2.75) is 65.0 Å². The molecule has 1 saturated heterocycles. The van der Waals surface area contributed by atoms with Crippen LogP contribution in [-0.2, 0) is 17.8 Å². The molecule has 1 fully saturated rings. The molecule has 1 N–H and O–H groups in total. The molecule has 6 nitrogen and oxygen atoms in total. The lowest BCUT2D eigenvalue weighted by Gasteiger charge is -2.19. The fourth-order valence-electron chi connectivity index (χ4n) is 3.82. The fourth-order valence-corrected chi connectivity index (χ4v) is 3.82. The second-order valence-corrected chi connectivity index (χ2v) is 7.48. The van der Waals surface area contributed by atoms with E-state index in [9.17, 15) is 4.79 Å². The molecular weight excluding hydrogens is 316 g/mol. The second-order valence-electron chi connectivity index (χ2n) is 7.48. The molecule has 3 rings (SSSR count). The molecular formula is C19H32N4O2. The van der Waals surface area contributed by atoms with Gasteiger partial charge in [0.2, 0.25) is 0 Å². The molecule has 0 spiro atoms. The normalized spacial score (nSPS) is 18.8. The maximum atomic E-state index is 12.6. The van der Waals surface area contributed by atoms with Crippen LogP contribution in [-0.4, -0.2) is 53.4 Å². The van der Waals surface area contributed by atoms with Crippen molar-refractivity contribution in [3.05, 3.63) is 17.0 Å². The molecule has 6 heteroatoms. The van der Waals surface area contributed by atoms with E-state index in [0.29, 0.717) is 25.5 Å². The predicted octanol–water partition coefficient (Wildman–Crippen LogP) is 2.53. The summed E-state index contributed by atoms with van der Waals surface area (Å²) in [6, 6.07) is 0.261. The molecule has 0 bridgehead atoms. The van der Waals surface area contributed by atoms with Crippen LogP contribution in [0.15, 0.2) is 0 Å². The van der Waals surface area contributed by atoms with Crippen LogP contribution >= 0.6 is 0 Å². The molecule has 1 aromatic heterocycles. The van der Waals surface area contributed by atoms with E-state index >= 15 is 0 Å². The fraction of sp³-hybridized carbons (Fsp3) is 0.789. The van der Waals surface area contributed by atoms with Gasteiger partial charge in [0.1, 0.15) is 0 Å². The Balaban J connectivity index is 1.53. The van der Waals surface area contributed by atoms with Gasteiger partial charge in [-0.1, -0.05) is 12.8 Å². The van der Waals surface area contributed by atoms with Gasteiger partial charge in [0.25, 0.3) is 5.91 Å². The molecule has 0 aromatic carbocycles. The first-order valence-electron chi connectivity index (χ1n) is 9.85. The molecule has 140 valence electrons. The van der Waals surface area contributed by atoms with Crippen molar-refractivity contribution in [2.75, 3.05) is 32.8 Å². The van der Waals surface area contributed by atoms with Crippen molar-refractivity contribution in [1.82, 2.24) is 20.0 Å². The maximum absolute atomic E-state index is 12.6. The number of carbonyl (C=O) groups is 1. The van der Waals surface area contributed by atoms with Gasteiger partial charge in [0, 0.05) is 30.3 Å². The van der Waals surface area contributed by atoms with E-state index in [0.717, 1.165) is 30.6 Å². The molecule has 25 heavy (non-hydrogen) atoms. The van der Waals surface area contributed by atoms with Gasteiger partial charge in [0.05, 0.1) is 13.2 Å². The molecule has 1 amide bonds. The van der Waals surface area contributed by atoms with Crippen molar-refractivity contribution in [3.8, 4) is 0 Å². The van der Waals surface area contributed by atoms with Gasteiger partial charge < -0.3 is 15.0 Å². The number of amides is 1. The topological polar surface area (TPSA) is 59.4 Å². The number of rotatable bonds is 6. The van der Waals surface area contributed by atoms with E-state index in [-0.39, 0.29) is 11.9 Å². The van der Waals surface area contributed by atoms with Crippen LogP contribution in [0.1, 0.15) is 73.7 Å². The van der Waals surface area contributed by atoms with Crippen LogP contribution in [0.3, 0.4) is 0 Å². The van der Waals surface area contributed by atoms with E-state index < -0.39 is 0 Å². The number of nitrogens with one attached hydrogen (secondary N) is 1. The minimum absolute atomic E-state index is 0.0583. The Labute approximate surface area is 150 Å². The van der Waals surface area contributed by atoms with E-state index in [4.69, 9.17) is 4.74 Å². The van der Waals surface area contributed by atoms with E-state index in [1.165, 1.54) is 38.8 Å². The van der Waals surface area contributed by atoms with Gasteiger partial charge >= 0.3 is 0 Å². The Kier molecular flexibility index (Phi) is 6.48. The first-order valence-corrected chi connectivity index (χ1v) is 9.85. The zero-order valence-electron chi connectivity index (χ0n) is 15.7. The number of hydrogen-bond acceptors (Lipinski definition) is 4. The van der Waals surface area contributed by atoms with Crippen LogP contribution in [0.2, 0.25) is 0 Å². The molecule has 3 heterocycles. The summed E-state index contributed by atoms with van der Waals surface area (Å²) in [5.74, 6) is -0.0583. The summed E-state index contributed by atoms with van der Waals surface area (Å²) in [6.07, 6.45) is 7.17. The highest BCUT2D eigenvalue weighted by Gasteiger charge is 2.26. The minimum atomic E-state index is -0.0583.